The molecule has 1 aliphatic heterocycles. The highest BCUT2D eigenvalue weighted by atomic mass is 19.4. The molecule has 3 aromatic rings. The number of nitrogens with one attached hydrogen (secondary N) is 1. The van der Waals surface area contributed by atoms with E-state index < -0.39 is 12.5 Å². The lowest BCUT2D eigenvalue weighted by Gasteiger charge is -2.35. The van der Waals surface area contributed by atoms with Crippen molar-refractivity contribution < 1.29 is 23.0 Å². The zero-order valence-electron chi connectivity index (χ0n) is 15.3. The lowest BCUT2D eigenvalue weighted by molar-refractivity contribution is -0.274. The fourth-order valence-corrected chi connectivity index (χ4v) is 3.95. The SMILES string of the molecule is C[C@H]1c2[nH]c3ccccc3c2CCN1C[C@H](O)c1ccc(OC(F)(F)F)cc1. The molecule has 7 heteroatoms. The molecule has 28 heavy (non-hydrogen) atoms. The molecule has 0 amide bonds. The molecule has 0 aliphatic carbocycles. The molecule has 0 unspecified atom stereocenters. The Morgan fingerprint density at radius 1 is 1.18 bits per heavy atom. The number of aliphatic hydroxyl groups excluding tert-OH is 1. The quantitative estimate of drug-likeness (QED) is 0.678. The maximum absolute atomic E-state index is 12.3. The number of halogens is 3. The number of aromatic nitrogens is 1. The topological polar surface area (TPSA) is 48.5 Å². The van der Waals surface area contributed by atoms with E-state index in [2.05, 4.69) is 33.7 Å². The smallest absolute Gasteiger partial charge is 0.406 e. The van der Waals surface area contributed by atoms with Crippen LogP contribution in [0.2, 0.25) is 0 Å². The minimum absolute atomic E-state index is 0.110. The van der Waals surface area contributed by atoms with E-state index >= 15 is 0 Å². The molecule has 0 radical (unpaired) electrons. The standard InChI is InChI=1S/C21H21F3N2O2/c1-13-20-17(16-4-2-3-5-18(16)25-20)10-11-26(13)12-19(27)14-6-8-15(9-7-14)28-21(22,23)24/h2-9,13,19,25,27H,10-12H2,1H3/t13-,19-/m0/s1. The molecule has 2 heterocycles. The van der Waals surface area contributed by atoms with Gasteiger partial charge < -0.3 is 14.8 Å². The monoisotopic (exact) mass is 390 g/mol. The van der Waals surface area contributed by atoms with E-state index in [-0.39, 0.29) is 11.8 Å². The number of nitrogens with zero attached hydrogens (tertiary/aromatic N) is 1. The highest BCUT2D eigenvalue weighted by Gasteiger charge is 2.31. The Labute approximate surface area is 160 Å². The molecular weight excluding hydrogens is 369 g/mol. The molecule has 2 atom stereocenters. The van der Waals surface area contributed by atoms with Crippen molar-refractivity contribution in [2.75, 3.05) is 13.1 Å². The number of para-hydroxylation sites is 1. The number of β-amino-alcohol motifs (C(OH)–C–C–N with tert-alkyl or cyclic N) is 1. The van der Waals surface area contributed by atoms with Crippen molar-refractivity contribution in [3.05, 3.63) is 65.4 Å². The molecular formula is C21H21F3N2O2. The number of hydrogen-bond donors (Lipinski definition) is 2. The van der Waals surface area contributed by atoms with Gasteiger partial charge in [-0.1, -0.05) is 30.3 Å². The summed E-state index contributed by atoms with van der Waals surface area (Å²) < 4.78 is 40.7. The van der Waals surface area contributed by atoms with Gasteiger partial charge in [-0.25, -0.2) is 0 Å². The number of aliphatic hydroxyl groups is 1. The minimum atomic E-state index is -4.72. The third-order valence-electron chi connectivity index (χ3n) is 5.37. The van der Waals surface area contributed by atoms with Crippen molar-refractivity contribution in [3.8, 4) is 5.75 Å². The van der Waals surface area contributed by atoms with Crippen molar-refractivity contribution >= 4 is 10.9 Å². The zero-order chi connectivity index (χ0) is 19.9. The Morgan fingerprint density at radius 3 is 2.61 bits per heavy atom. The second-order valence-corrected chi connectivity index (χ2v) is 7.12. The van der Waals surface area contributed by atoms with Gasteiger partial charge in [0.25, 0.3) is 0 Å². The largest absolute Gasteiger partial charge is 0.573 e. The maximum Gasteiger partial charge on any atom is 0.573 e. The second kappa shape index (κ2) is 7.14. The minimum Gasteiger partial charge on any atom is -0.406 e. The summed E-state index contributed by atoms with van der Waals surface area (Å²) >= 11 is 0. The third kappa shape index (κ3) is 3.72. The van der Waals surface area contributed by atoms with Gasteiger partial charge in [0, 0.05) is 35.7 Å². The predicted octanol–water partition coefficient (Wildman–Crippen LogP) is 4.72. The molecule has 0 spiro atoms. The van der Waals surface area contributed by atoms with Crippen molar-refractivity contribution in [2.24, 2.45) is 0 Å². The summed E-state index contributed by atoms with van der Waals surface area (Å²) in [5.41, 5.74) is 4.15. The van der Waals surface area contributed by atoms with Crippen molar-refractivity contribution in [1.82, 2.24) is 9.88 Å². The molecule has 4 nitrogen and oxygen atoms in total. The van der Waals surface area contributed by atoms with Crippen LogP contribution >= 0.6 is 0 Å². The van der Waals surface area contributed by atoms with Gasteiger partial charge in [0.2, 0.25) is 0 Å². The first-order valence-corrected chi connectivity index (χ1v) is 9.19. The first-order valence-electron chi connectivity index (χ1n) is 9.19. The third-order valence-corrected chi connectivity index (χ3v) is 5.37. The van der Waals surface area contributed by atoms with E-state index in [1.165, 1.54) is 35.2 Å². The van der Waals surface area contributed by atoms with Crippen LogP contribution in [0.4, 0.5) is 13.2 Å². The van der Waals surface area contributed by atoms with Crippen LogP contribution in [0.3, 0.4) is 0 Å². The second-order valence-electron chi connectivity index (χ2n) is 7.12. The summed E-state index contributed by atoms with van der Waals surface area (Å²) in [4.78, 5) is 5.67. The molecule has 0 bridgehead atoms. The van der Waals surface area contributed by atoms with Gasteiger partial charge in [-0.3, -0.25) is 4.90 Å². The number of benzene rings is 2. The molecule has 1 aliphatic rings. The number of fused-ring (bicyclic) bond motifs is 3. The van der Waals surface area contributed by atoms with Crippen LogP contribution in [0.15, 0.2) is 48.5 Å². The molecule has 0 saturated carbocycles. The van der Waals surface area contributed by atoms with E-state index in [9.17, 15) is 18.3 Å². The Morgan fingerprint density at radius 2 is 1.89 bits per heavy atom. The van der Waals surface area contributed by atoms with Gasteiger partial charge in [-0.15, -0.1) is 13.2 Å². The van der Waals surface area contributed by atoms with Crippen LogP contribution in [0.1, 0.15) is 35.9 Å². The lowest BCUT2D eigenvalue weighted by atomic mass is 9.97. The van der Waals surface area contributed by atoms with Gasteiger partial charge in [0.15, 0.2) is 0 Å². The summed E-state index contributed by atoms with van der Waals surface area (Å²) in [5, 5.41) is 11.8. The number of ether oxygens (including phenoxy) is 1. The number of H-pyrrole nitrogens is 1. The maximum atomic E-state index is 12.3. The molecule has 4 rings (SSSR count). The summed E-state index contributed by atoms with van der Waals surface area (Å²) in [6.45, 7) is 3.30. The van der Waals surface area contributed by atoms with Gasteiger partial charge in [-0.2, -0.15) is 0 Å². The van der Waals surface area contributed by atoms with Gasteiger partial charge in [0.05, 0.1) is 6.10 Å². The van der Waals surface area contributed by atoms with Crippen molar-refractivity contribution in [1.29, 1.82) is 0 Å². The first kappa shape index (κ1) is 18.8. The van der Waals surface area contributed by atoms with Crippen LogP contribution in [0, 0.1) is 0 Å². The van der Waals surface area contributed by atoms with E-state index in [0.717, 1.165) is 24.2 Å². The van der Waals surface area contributed by atoms with Crippen LogP contribution in [0.25, 0.3) is 10.9 Å². The fraction of sp³-hybridized carbons (Fsp3) is 0.333. The molecule has 0 saturated heterocycles. The molecule has 2 N–H and O–H groups in total. The summed E-state index contributed by atoms with van der Waals surface area (Å²) in [5.74, 6) is -0.294. The lowest BCUT2D eigenvalue weighted by Crippen LogP contribution is -2.36. The number of aromatic amines is 1. The fourth-order valence-electron chi connectivity index (χ4n) is 3.95. The summed E-state index contributed by atoms with van der Waals surface area (Å²) in [6.07, 6.45) is -4.64. The zero-order valence-corrected chi connectivity index (χ0v) is 15.3. The average Bonchev–Trinajstić information content (AvgIpc) is 3.03. The van der Waals surface area contributed by atoms with Crippen LogP contribution in [0.5, 0.6) is 5.75 Å². The number of alkyl halides is 3. The van der Waals surface area contributed by atoms with E-state index in [1.54, 1.807) is 0 Å². The van der Waals surface area contributed by atoms with E-state index in [4.69, 9.17) is 0 Å². The Balaban J connectivity index is 1.47. The molecule has 1 aromatic heterocycles. The Kier molecular flexibility index (Phi) is 4.81. The van der Waals surface area contributed by atoms with Crippen LogP contribution < -0.4 is 4.74 Å². The molecule has 0 fully saturated rings. The van der Waals surface area contributed by atoms with Gasteiger partial charge >= 0.3 is 6.36 Å². The van der Waals surface area contributed by atoms with Crippen LogP contribution in [-0.2, 0) is 6.42 Å². The summed E-state index contributed by atoms with van der Waals surface area (Å²) in [6, 6.07) is 13.7. The van der Waals surface area contributed by atoms with Crippen molar-refractivity contribution in [3.63, 3.8) is 0 Å². The molecule has 2 aromatic carbocycles. The summed E-state index contributed by atoms with van der Waals surface area (Å²) in [7, 11) is 0. The Bertz CT molecular complexity index is 966. The van der Waals surface area contributed by atoms with E-state index in [0.29, 0.717) is 12.1 Å². The first-order chi connectivity index (χ1) is 13.3. The highest BCUT2D eigenvalue weighted by molar-refractivity contribution is 5.85. The normalized spacial score (nSPS) is 18.8. The van der Waals surface area contributed by atoms with Crippen molar-refractivity contribution in [2.45, 2.75) is 31.9 Å². The highest BCUT2D eigenvalue weighted by Crippen LogP contribution is 2.35. The Hall–Kier alpha value is -2.51. The number of hydrogen-bond acceptors (Lipinski definition) is 3. The van der Waals surface area contributed by atoms with E-state index in [1.807, 2.05) is 12.1 Å². The van der Waals surface area contributed by atoms with Gasteiger partial charge in [-0.05, 0) is 42.7 Å². The van der Waals surface area contributed by atoms with Gasteiger partial charge in [0.1, 0.15) is 5.75 Å². The predicted molar refractivity (Wildman–Crippen MR) is 100 cm³/mol. The number of rotatable bonds is 4. The molecule has 148 valence electrons. The van der Waals surface area contributed by atoms with Crippen LogP contribution in [-0.4, -0.2) is 34.4 Å². The average molecular weight is 390 g/mol.